The molecule has 4 nitrogen and oxygen atoms in total. The van der Waals surface area contributed by atoms with Crippen molar-refractivity contribution in [3.8, 4) is 11.3 Å². The zero-order chi connectivity index (χ0) is 19.1. The molecular weight excluding hydrogens is 364 g/mol. The number of nitrogens with zero attached hydrogens (tertiary/aromatic N) is 1. The van der Waals surface area contributed by atoms with Gasteiger partial charge in [0.25, 0.3) is 10.0 Å². The number of aryl methyl sites for hydroxylation is 3. The monoisotopic (exact) mass is 386 g/mol. The molecule has 0 radical (unpaired) electrons. The van der Waals surface area contributed by atoms with Crippen molar-refractivity contribution >= 4 is 27.0 Å². The van der Waals surface area contributed by atoms with Gasteiger partial charge in [-0.2, -0.15) is 0 Å². The van der Waals surface area contributed by atoms with Crippen LogP contribution < -0.4 is 4.72 Å². The predicted molar refractivity (Wildman–Crippen MR) is 108 cm³/mol. The molecule has 0 amide bonds. The van der Waals surface area contributed by atoms with Crippen molar-refractivity contribution in [2.45, 2.75) is 39.5 Å². The average molecular weight is 387 g/mol. The van der Waals surface area contributed by atoms with Crippen LogP contribution in [0.5, 0.6) is 0 Å². The van der Waals surface area contributed by atoms with E-state index in [1.165, 1.54) is 0 Å². The molecule has 0 saturated carbocycles. The maximum absolute atomic E-state index is 13.2. The number of para-hydroxylation sites is 1. The quantitative estimate of drug-likeness (QED) is 0.674. The van der Waals surface area contributed by atoms with Crippen molar-refractivity contribution in [1.82, 2.24) is 4.98 Å². The number of nitrogens with one attached hydrogen (secondary N) is 1. The van der Waals surface area contributed by atoms with E-state index in [2.05, 4.69) is 9.71 Å². The normalized spacial score (nSPS) is 11.6. The number of hydrogen-bond acceptors (Lipinski definition) is 4. The second kappa shape index (κ2) is 6.85. The third kappa shape index (κ3) is 3.39. The maximum Gasteiger partial charge on any atom is 0.262 e. The summed E-state index contributed by atoms with van der Waals surface area (Å²) >= 11 is 1.54. The summed E-state index contributed by atoms with van der Waals surface area (Å²) in [6.07, 6.45) is 0. The molecule has 0 atom stereocenters. The largest absolute Gasteiger partial charge is 0.279 e. The predicted octanol–water partition coefficient (Wildman–Crippen LogP) is 5.15. The van der Waals surface area contributed by atoms with E-state index in [0.29, 0.717) is 10.6 Å². The fraction of sp³-hybridized carbons (Fsp3) is 0.250. The second-order valence-electron chi connectivity index (χ2n) is 6.49. The van der Waals surface area contributed by atoms with Crippen molar-refractivity contribution in [3.05, 3.63) is 63.0 Å². The van der Waals surface area contributed by atoms with Gasteiger partial charge in [-0.1, -0.05) is 24.3 Å². The Morgan fingerprint density at radius 3 is 2.15 bits per heavy atom. The molecule has 0 unspecified atom stereocenters. The van der Waals surface area contributed by atoms with Gasteiger partial charge in [0.2, 0.25) is 0 Å². The van der Waals surface area contributed by atoms with Crippen LogP contribution in [-0.2, 0) is 10.0 Å². The standard InChI is InChI=1S/C20H22N2O2S2/c1-12-10-13(2)15(4)20(14(12)3)26(23,24)22-18-9-7-6-8-17(18)19-11-25-16(5)21-19/h6-11,22H,1-5H3. The first-order chi connectivity index (χ1) is 12.2. The zero-order valence-electron chi connectivity index (χ0n) is 15.5. The van der Waals surface area contributed by atoms with E-state index in [-0.39, 0.29) is 0 Å². The van der Waals surface area contributed by atoms with Gasteiger partial charge in [-0.05, 0) is 62.9 Å². The number of thiazole rings is 1. The second-order valence-corrected chi connectivity index (χ2v) is 9.17. The summed E-state index contributed by atoms with van der Waals surface area (Å²) in [6.45, 7) is 9.51. The maximum atomic E-state index is 13.2. The first kappa shape index (κ1) is 18.6. The Balaban J connectivity index is 2.11. The minimum absolute atomic E-state index is 0.360. The number of rotatable bonds is 4. The Morgan fingerprint density at radius 1 is 0.962 bits per heavy atom. The zero-order valence-corrected chi connectivity index (χ0v) is 17.2. The molecule has 0 saturated heterocycles. The van der Waals surface area contributed by atoms with Crippen LogP contribution in [-0.4, -0.2) is 13.4 Å². The number of sulfonamides is 1. The highest BCUT2D eigenvalue weighted by Gasteiger charge is 2.23. The lowest BCUT2D eigenvalue weighted by Crippen LogP contribution is -2.17. The Morgan fingerprint density at radius 2 is 1.58 bits per heavy atom. The minimum Gasteiger partial charge on any atom is -0.279 e. The van der Waals surface area contributed by atoms with Gasteiger partial charge in [-0.15, -0.1) is 11.3 Å². The van der Waals surface area contributed by atoms with Gasteiger partial charge in [-0.25, -0.2) is 13.4 Å². The van der Waals surface area contributed by atoms with E-state index in [4.69, 9.17) is 0 Å². The summed E-state index contributed by atoms with van der Waals surface area (Å²) in [5.41, 5.74) is 5.59. The van der Waals surface area contributed by atoms with Crippen LogP contribution in [0, 0.1) is 34.6 Å². The van der Waals surface area contributed by atoms with Gasteiger partial charge in [-0.3, -0.25) is 4.72 Å². The van der Waals surface area contributed by atoms with Gasteiger partial charge in [0.1, 0.15) is 0 Å². The molecular formula is C20H22N2O2S2. The Labute approximate surface area is 159 Å². The molecule has 1 N–H and O–H groups in total. The summed E-state index contributed by atoms with van der Waals surface area (Å²) in [7, 11) is -3.72. The van der Waals surface area contributed by atoms with Crippen LogP contribution in [0.2, 0.25) is 0 Å². The summed E-state index contributed by atoms with van der Waals surface area (Å²) in [5.74, 6) is 0. The van der Waals surface area contributed by atoms with Gasteiger partial charge < -0.3 is 0 Å². The van der Waals surface area contributed by atoms with E-state index in [0.717, 1.165) is 38.5 Å². The lowest BCUT2D eigenvalue weighted by Gasteiger charge is -2.18. The SMILES string of the molecule is Cc1nc(-c2ccccc2NS(=O)(=O)c2c(C)c(C)cc(C)c2C)cs1. The average Bonchev–Trinajstić information content (AvgIpc) is 2.99. The van der Waals surface area contributed by atoms with Gasteiger partial charge in [0.05, 0.1) is 21.3 Å². The molecule has 3 rings (SSSR count). The van der Waals surface area contributed by atoms with E-state index in [9.17, 15) is 8.42 Å². The topological polar surface area (TPSA) is 59.1 Å². The first-order valence-corrected chi connectivity index (χ1v) is 10.7. The number of benzene rings is 2. The van der Waals surface area contributed by atoms with Gasteiger partial charge in [0.15, 0.2) is 0 Å². The Bertz CT molecular complexity index is 1060. The van der Waals surface area contributed by atoms with Crippen molar-refractivity contribution in [2.75, 3.05) is 4.72 Å². The molecule has 0 bridgehead atoms. The summed E-state index contributed by atoms with van der Waals surface area (Å²) in [4.78, 5) is 4.85. The smallest absolute Gasteiger partial charge is 0.262 e. The molecule has 0 spiro atoms. The van der Waals surface area contributed by atoms with Crippen molar-refractivity contribution in [1.29, 1.82) is 0 Å². The van der Waals surface area contributed by atoms with Crippen LogP contribution in [0.25, 0.3) is 11.3 Å². The third-order valence-electron chi connectivity index (χ3n) is 4.63. The number of anilines is 1. The van der Waals surface area contributed by atoms with Crippen molar-refractivity contribution in [2.24, 2.45) is 0 Å². The summed E-state index contributed by atoms with van der Waals surface area (Å²) in [5, 5.41) is 2.88. The lowest BCUT2D eigenvalue weighted by atomic mass is 10.0. The highest BCUT2D eigenvalue weighted by atomic mass is 32.2. The molecule has 26 heavy (non-hydrogen) atoms. The molecule has 0 aliphatic rings. The van der Waals surface area contributed by atoms with E-state index in [1.54, 1.807) is 17.4 Å². The summed E-state index contributed by atoms with van der Waals surface area (Å²) in [6, 6.07) is 9.38. The molecule has 1 heterocycles. The molecule has 2 aromatic carbocycles. The van der Waals surface area contributed by atoms with Crippen LogP contribution in [0.4, 0.5) is 5.69 Å². The molecule has 0 aliphatic carbocycles. The minimum atomic E-state index is -3.72. The highest BCUT2D eigenvalue weighted by Crippen LogP contribution is 2.32. The molecule has 0 fully saturated rings. The summed E-state index contributed by atoms with van der Waals surface area (Å²) < 4.78 is 29.2. The lowest BCUT2D eigenvalue weighted by molar-refractivity contribution is 0.599. The van der Waals surface area contributed by atoms with E-state index in [1.807, 2.05) is 64.3 Å². The first-order valence-electron chi connectivity index (χ1n) is 8.32. The fourth-order valence-electron chi connectivity index (χ4n) is 3.06. The number of hydrogen-bond donors (Lipinski definition) is 1. The van der Waals surface area contributed by atoms with Crippen LogP contribution in [0.3, 0.4) is 0 Å². The highest BCUT2D eigenvalue weighted by molar-refractivity contribution is 7.92. The van der Waals surface area contributed by atoms with Crippen LogP contribution in [0.15, 0.2) is 40.6 Å². The fourth-order valence-corrected chi connectivity index (χ4v) is 5.37. The molecule has 1 aromatic heterocycles. The van der Waals surface area contributed by atoms with Gasteiger partial charge in [0, 0.05) is 10.9 Å². The van der Waals surface area contributed by atoms with E-state index >= 15 is 0 Å². The third-order valence-corrected chi connectivity index (χ3v) is 7.04. The molecule has 136 valence electrons. The van der Waals surface area contributed by atoms with Gasteiger partial charge >= 0.3 is 0 Å². The molecule has 3 aromatic rings. The number of aromatic nitrogens is 1. The van der Waals surface area contributed by atoms with Crippen LogP contribution in [0.1, 0.15) is 27.3 Å². The molecule has 6 heteroatoms. The van der Waals surface area contributed by atoms with Crippen molar-refractivity contribution in [3.63, 3.8) is 0 Å². The Kier molecular flexibility index (Phi) is 4.90. The Hall–Kier alpha value is -2.18. The van der Waals surface area contributed by atoms with E-state index < -0.39 is 10.0 Å². The van der Waals surface area contributed by atoms with Crippen molar-refractivity contribution < 1.29 is 8.42 Å². The molecule has 0 aliphatic heterocycles. The van der Waals surface area contributed by atoms with Crippen LogP contribution >= 0.6 is 11.3 Å².